The van der Waals surface area contributed by atoms with Crippen LogP contribution in [0.3, 0.4) is 0 Å². The minimum atomic E-state index is -4.63. The van der Waals surface area contributed by atoms with E-state index < -0.39 is 23.5 Å². The monoisotopic (exact) mass is 576 g/mol. The third-order valence-corrected chi connectivity index (χ3v) is 5.74. The van der Waals surface area contributed by atoms with Crippen molar-refractivity contribution in [2.24, 2.45) is 10.7 Å². The second-order valence-corrected chi connectivity index (χ2v) is 8.89. The van der Waals surface area contributed by atoms with E-state index in [2.05, 4.69) is 17.8 Å². The molecule has 220 valence electrons. The third kappa shape index (κ3) is 13.6. The van der Waals surface area contributed by atoms with Crippen LogP contribution in [0.2, 0.25) is 0 Å². The zero-order valence-corrected chi connectivity index (χ0v) is 23.8. The predicted molar refractivity (Wildman–Crippen MR) is 164 cm³/mol. The van der Waals surface area contributed by atoms with Crippen molar-refractivity contribution in [2.75, 3.05) is 0 Å². The maximum atomic E-state index is 14.1. The Balaban J connectivity index is 0.000000564. The summed E-state index contributed by atoms with van der Waals surface area (Å²) >= 11 is 0. The van der Waals surface area contributed by atoms with E-state index in [0.29, 0.717) is 24.6 Å². The molecule has 0 saturated carbocycles. The third-order valence-electron chi connectivity index (χ3n) is 5.74. The molecule has 0 aliphatic carbocycles. The van der Waals surface area contributed by atoms with Gasteiger partial charge in [-0.25, -0.2) is 4.39 Å². The van der Waals surface area contributed by atoms with E-state index in [0.717, 1.165) is 29.7 Å². The van der Waals surface area contributed by atoms with Gasteiger partial charge in [0.15, 0.2) is 0 Å². The highest BCUT2D eigenvalue weighted by molar-refractivity contribution is 6.01. The van der Waals surface area contributed by atoms with Gasteiger partial charge in [-0.2, -0.15) is 13.2 Å². The maximum Gasteiger partial charge on any atom is 0.416 e. The fraction of sp³-hybridized carbons (Fsp3) is 0.200. The van der Waals surface area contributed by atoms with Crippen LogP contribution in [0.1, 0.15) is 48.4 Å². The van der Waals surface area contributed by atoms with Crippen LogP contribution < -0.4 is 5.73 Å². The Bertz CT molecular complexity index is 1360. The predicted octanol–water partition coefficient (Wildman–Crippen LogP) is 8.63. The molecule has 1 unspecified atom stereocenters. The van der Waals surface area contributed by atoms with Crippen molar-refractivity contribution in [3.05, 3.63) is 144 Å². The fourth-order valence-corrected chi connectivity index (χ4v) is 3.81. The zero-order valence-electron chi connectivity index (χ0n) is 23.8. The van der Waals surface area contributed by atoms with Crippen LogP contribution >= 0.6 is 0 Å². The van der Waals surface area contributed by atoms with Gasteiger partial charge in [0.2, 0.25) is 5.91 Å². The van der Waals surface area contributed by atoms with Crippen molar-refractivity contribution in [3.63, 3.8) is 0 Å². The highest BCUT2D eigenvalue weighted by atomic mass is 19.4. The Hall–Kier alpha value is -4.70. The molecule has 3 aromatic rings. The average Bonchev–Trinajstić information content (AvgIpc) is 2.98. The second kappa shape index (κ2) is 19.4. The van der Waals surface area contributed by atoms with Gasteiger partial charge in [0.1, 0.15) is 5.82 Å². The molecule has 42 heavy (non-hydrogen) atoms. The summed E-state index contributed by atoms with van der Waals surface area (Å²) in [5.74, 6) is -1.71. The molecule has 0 bridgehead atoms. The number of allylic oxidation sites excluding steroid dienone is 5. The number of carbonyl (C=O) groups is 1. The summed E-state index contributed by atoms with van der Waals surface area (Å²) in [6.07, 6.45) is 15.4. The first kappa shape index (κ1) is 35.3. The Kier molecular flexibility index (Phi) is 16.3. The molecule has 3 aromatic carbocycles. The lowest BCUT2D eigenvalue weighted by Crippen LogP contribution is -2.16. The normalized spacial score (nSPS) is 12.4. The fourth-order valence-electron chi connectivity index (χ4n) is 3.81. The van der Waals surface area contributed by atoms with Crippen molar-refractivity contribution in [2.45, 2.75) is 45.2 Å². The van der Waals surface area contributed by atoms with Crippen LogP contribution in [0.5, 0.6) is 0 Å². The molecule has 0 heterocycles. The summed E-state index contributed by atoms with van der Waals surface area (Å²) in [6, 6.07) is 21.9. The van der Waals surface area contributed by atoms with Crippen molar-refractivity contribution in [3.8, 4) is 12.8 Å². The molecule has 3 rings (SSSR count). The van der Waals surface area contributed by atoms with Crippen molar-refractivity contribution >= 4 is 11.6 Å². The summed E-state index contributed by atoms with van der Waals surface area (Å²) in [6.45, 7) is 3.66. The van der Waals surface area contributed by atoms with E-state index >= 15 is 0 Å². The van der Waals surface area contributed by atoms with Crippen LogP contribution in [-0.2, 0) is 23.8 Å². The highest BCUT2D eigenvalue weighted by Crippen LogP contribution is 2.33. The van der Waals surface area contributed by atoms with Crippen LogP contribution in [0.25, 0.3) is 0 Å². The zero-order chi connectivity index (χ0) is 31.4. The molecule has 0 spiro atoms. The average molecular weight is 577 g/mol. The molecular formula is C35H36F4N2O. The van der Waals surface area contributed by atoms with Gasteiger partial charge in [-0.15, -0.1) is 12.8 Å². The molecule has 0 radical (unpaired) electrons. The summed E-state index contributed by atoms with van der Waals surface area (Å²) in [5, 5.41) is 0. The van der Waals surface area contributed by atoms with Gasteiger partial charge in [0.25, 0.3) is 0 Å². The van der Waals surface area contributed by atoms with Gasteiger partial charge in [-0.3, -0.25) is 9.79 Å². The number of hydrogen-bond acceptors (Lipinski definition) is 2. The smallest absolute Gasteiger partial charge is 0.370 e. The minimum Gasteiger partial charge on any atom is -0.370 e. The number of aliphatic imine (C=N–C) groups is 1. The van der Waals surface area contributed by atoms with Gasteiger partial charge in [0, 0.05) is 24.3 Å². The molecule has 0 aliphatic rings. The van der Waals surface area contributed by atoms with Gasteiger partial charge < -0.3 is 5.73 Å². The van der Waals surface area contributed by atoms with E-state index in [4.69, 9.17) is 5.73 Å². The number of nitrogens with two attached hydrogens (primary N) is 1. The quantitative estimate of drug-likeness (QED) is 0.112. The van der Waals surface area contributed by atoms with E-state index in [1.807, 2.05) is 73.7 Å². The summed E-state index contributed by atoms with van der Waals surface area (Å²) in [4.78, 5) is 14.8. The summed E-state index contributed by atoms with van der Waals surface area (Å²) in [5.41, 5.74) is 6.85. The van der Waals surface area contributed by atoms with Crippen LogP contribution in [0.15, 0.2) is 120 Å². The number of amides is 1. The molecule has 2 N–H and O–H groups in total. The number of alkyl halides is 3. The van der Waals surface area contributed by atoms with E-state index in [-0.39, 0.29) is 11.5 Å². The number of primary amides is 1. The molecule has 0 aliphatic heterocycles. The highest BCUT2D eigenvalue weighted by Gasteiger charge is 2.32. The second-order valence-electron chi connectivity index (χ2n) is 8.89. The Morgan fingerprint density at radius 1 is 0.905 bits per heavy atom. The lowest BCUT2D eigenvalue weighted by molar-refractivity contribution is -0.137. The standard InChI is InChI=1S/C24H23F4N.C9H11NO.C2H2/c1-3-5-7-12-23(29-13-4-2)22(14-18-10-8-6-9-11-18)19-15-20(24(26,27)28)17-21(25)16-19;10-9(11)7-6-8-4-2-1-3-5-8;1-2/h3-13,15-17,22H,14H2,1-2H3;1-5H,6-7H2,(H2,10,11);1-2H/b5-3+,12-7-,13-4+,29-23+;;. The first-order valence-corrected chi connectivity index (χ1v) is 13.2. The lowest BCUT2D eigenvalue weighted by atomic mass is 9.86. The van der Waals surface area contributed by atoms with Crippen LogP contribution in [0, 0.1) is 18.7 Å². The first-order chi connectivity index (χ1) is 20.1. The molecule has 1 atom stereocenters. The van der Waals surface area contributed by atoms with E-state index in [1.54, 1.807) is 37.4 Å². The Morgan fingerprint density at radius 2 is 1.50 bits per heavy atom. The number of carbonyl (C=O) groups excluding carboxylic acids is 1. The number of benzene rings is 3. The SMILES string of the molecule is C#C.C/C=C/C=C\C(=N/C=C/C)C(Cc1ccccc1)c1cc(F)cc(C(F)(F)F)c1.NC(=O)CCc1ccccc1. The van der Waals surface area contributed by atoms with Gasteiger partial charge in [-0.05, 0) is 67.7 Å². The Morgan fingerprint density at radius 3 is 2.02 bits per heavy atom. The van der Waals surface area contributed by atoms with Crippen molar-refractivity contribution < 1.29 is 22.4 Å². The van der Waals surface area contributed by atoms with Gasteiger partial charge in [-0.1, -0.05) is 85.0 Å². The van der Waals surface area contributed by atoms with E-state index in [9.17, 15) is 22.4 Å². The topological polar surface area (TPSA) is 55.4 Å². The number of rotatable bonds is 10. The number of hydrogen-bond donors (Lipinski definition) is 1. The first-order valence-electron chi connectivity index (χ1n) is 13.2. The molecule has 0 fully saturated rings. The van der Waals surface area contributed by atoms with Crippen molar-refractivity contribution in [1.29, 1.82) is 0 Å². The number of terminal acetylenes is 1. The molecule has 1 amide bonds. The minimum absolute atomic E-state index is 0.231. The van der Waals surface area contributed by atoms with E-state index in [1.165, 1.54) is 0 Å². The largest absolute Gasteiger partial charge is 0.416 e. The van der Waals surface area contributed by atoms with Gasteiger partial charge in [0.05, 0.1) is 5.56 Å². The maximum absolute atomic E-state index is 14.1. The number of nitrogens with zero attached hydrogens (tertiary/aromatic N) is 1. The molecule has 3 nitrogen and oxygen atoms in total. The van der Waals surface area contributed by atoms with Crippen LogP contribution in [-0.4, -0.2) is 11.6 Å². The summed E-state index contributed by atoms with van der Waals surface area (Å²) in [7, 11) is 0. The lowest BCUT2D eigenvalue weighted by Gasteiger charge is -2.20. The molecule has 0 aromatic heterocycles. The number of halogens is 4. The van der Waals surface area contributed by atoms with Gasteiger partial charge >= 0.3 is 6.18 Å². The Labute approximate surface area is 246 Å². The molecule has 0 saturated heterocycles. The number of aryl methyl sites for hydroxylation is 1. The van der Waals surface area contributed by atoms with Crippen LogP contribution in [0.4, 0.5) is 17.6 Å². The van der Waals surface area contributed by atoms with Crippen molar-refractivity contribution in [1.82, 2.24) is 0 Å². The molecule has 7 heteroatoms. The summed E-state index contributed by atoms with van der Waals surface area (Å²) < 4.78 is 53.9. The molecular weight excluding hydrogens is 540 g/mol.